The van der Waals surface area contributed by atoms with Crippen molar-refractivity contribution in [2.45, 2.75) is 23.2 Å². The number of hydrogen-bond acceptors (Lipinski definition) is 5. The molecule has 0 aliphatic carbocycles. The van der Waals surface area contributed by atoms with E-state index in [-0.39, 0.29) is 16.9 Å². The average Bonchev–Trinajstić information content (AvgIpc) is 2.84. The van der Waals surface area contributed by atoms with Gasteiger partial charge in [-0.25, -0.2) is 13.1 Å². The van der Waals surface area contributed by atoms with Crippen LogP contribution in [0.3, 0.4) is 0 Å². The fourth-order valence-electron chi connectivity index (χ4n) is 1.88. The molecule has 0 spiro atoms. The molecular weight excluding hydrogens is 308 g/mol. The highest BCUT2D eigenvalue weighted by molar-refractivity contribution is 7.91. The van der Waals surface area contributed by atoms with Gasteiger partial charge in [0.05, 0.1) is 17.0 Å². The summed E-state index contributed by atoms with van der Waals surface area (Å²) >= 11 is 6.77. The number of sulfonamides is 1. The predicted octanol–water partition coefficient (Wildman–Crippen LogP) is 1.45. The molecule has 2 heterocycles. The fourth-order valence-corrected chi connectivity index (χ4v) is 4.42. The molecule has 2 N–H and O–H groups in total. The van der Waals surface area contributed by atoms with E-state index < -0.39 is 10.0 Å². The Morgan fingerprint density at radius 3 is 2.79 bits per heavy atom. The van der Waals surface area contributed by atoms with E-state index in [0.717, 1.165) is 37.3 Å². The monoisotopic (exact) mass is 324 g/mol. The molecule has 1 aliphatic rings. The highest BCUT2D eigenvalue weighted by Gasteiger charge is 2.17. The van der Waals surface area contributed by atoms with Crippen LogP contribution in [0, 0.1) is 0 Å². The van der Waals surface area contributed by atoms with Crippen molar-refractivity contribution in [3.05, 3.63) is 16.5 Å². The van der Waals surface area contributed by atoms with E-state index in [2.05, 4.69) is 10.0 Å². The van der Waals surface area contributed by atoms with Crippen molar-refractivity contribution in [3.63, 3.8) is 0 Å². The Labute approximate surface area is 122 Å². The zero-order chi connectivity index (χ0) is 13.7. The first-order valence-corrected chi connectivity index (χ1v) is 8.83. The van der Waals surface area contributed by atoms with Gasteiger partial charge in [-0.05, 0) is 38.1 Å². The Balaban J connectivity index is 1.72. The standard InChI is InChI=1S/C11H17ClN2O3S2/c12-10-1-2-11(18-10)19(15,16)14-7-8-17-9-3-5-13-6-4-9/h1-2,9,13-14H,3-8H2. The first-order chi connectivity index (χ1) is 9.08. The Hall–Kier alpha value is -0.180. The topological polar surface area (TPSA) is 67.4 Å². The maximum atomic E-state index is 11.9. The molecule has 0 saturated carbocycles. The molecule has 0 unspecified atom stereocenters. The number of rotatable bonds is 6. The van der Waals surface area contributed by atoms with Crippen LogP contribution in [-0.2, 0) is 14.8 Å². The zero-order valence-corrected chi connectivity index (χ0v) is 12.8. The van der Waals surface area contributed by atoms with Gasteiger partial charge in [0.1, 0.15) is 4.21 Å². The molecule has 1 aromatic rings. The molecule has 8 heteroatoms. The van der Waals surface area contributed by atoms with Crippen molar-refractivity contribution >= 4 is 33.0 Å². The molecular formula is C11H17ClN2O3S2. The minimum atomic E-state index is -3.45. The van der Waals surface area contributed by atoms with Gasteiger partial charge in [0, 0.05) is 6.54 Å². The summed E-state index contributed by atoms with van der Waals surface area (Å²) in [5.74, 6) is 0. The third-order valence-electron chi connectivity index (χ3n) is 2.85. The van der Waals surface area contributed by atoms with E-state index in [4.69, 9.17) is 16.3 Å². The molecule has 5 nitrogen and oxygen atoms in total. The van der Waals surface area contributed by atoms with Gasteiger partial charge in [-0.1, -0.05) is 11.6 Å². The molecule has 0 amide bonds. The number of nitrogens with one attached hydrogen (secondary N) is 2. The molecule has 1 saturated heterocycles. The lowest BCUT2D eigenvalue weighted by Gasteiger charge is -2.22. The van der Waals surface area contributed by atoms with Gasteiger partial charge in [-0.15, -0.1) is 11.3 Å². The van der Waals surface area contributed by atoms with Crippen LogP contribution < -0.4 is 10.0 Å². The van der Waals surface area contributed by atoms with E-state index in [0.29, 0.717) is 10.9 Å². The summed E-state index contributed by atoms with van der Waals surface area (Å²) in [6, 6.07) is 3.08. The number of thiophene rings is 1. The third-order valence-corrected chi connectivity index (χ3v) is 6.03. The number of hydrogen-bond donors (Lipinski definition) is 2. The maximum Gasteiger partial charge on any atom is 0.250 e. The molecule has 1 aliphatic heterocycles. The fraction of sp³-hybridized carbons (Fsp3) is 0.636. The minimum absolute atomic E-state index is 0.236. The summed E-state index contributed by atoms with van der Waals surface area (Å²) in [4.78, 5) is 0. The lowest BCUT2D eigenvalue weighted by atomic mass is 10.1. The smallest absolute Gasteiger partial charge is 0.250 e. The van der Waals surface area contributed by atoms with Crippen molar-refractivity contribution < 1.29 is 13.2 Å². The molecule has 1 aromatic heterocycles. The number of halogens is 1. The van der Waals surface area contributed by atoms with E-state index in [1.165, 1.54) is 6.07 Å². The van der Waals surface area contributed by atoms with Crippen LogP contribution in [0.5, 0.6) is 0 Å². The van der Waals surface area contributed by atoms with Crippen LogP contribution in [0.15, 0.2) is 16.3 Å². The SMILES string of the molecule is O=S(=O)(NCCOC1CCNCC1)c1ccc(Cl)s1. The van der Waals surface area contributed by atoms with E-state index in [1.807, 2.05) is 0 Å². The van der Waals surface area contributed by atoms with Gasteiger partial charge in [0.15, 0.2) is 0 Å². The van der Waals surface area contributed by atoms with Crippen LogP contribution in [-0.4, -0.2) is 40.8 Å². The largest absolute Gasteiger partial charge is 0.377 e. The predicted molar refractivity (Wildman–Crippen MR) is 76.4 cm³/mol. The Morgan fingerprint density at radius 2 is 2.16 bits per heavy atom. The van der Waals surface area contributed by atoms with Gasteiger partial charge in [-0.3, -0.25) is 0 Å². The van der Waals surface area contributed by atoms with Crippen molar-refractivity contribution in [2.24, 2.45) is 0 Å². The molecule has 108 valence electrons. The van der Waals surface area contributed by atoms with E-state index in [1.54, 1.807) is 6.07 Å². The highest BCUT2D eigenvalue weighted by atomic mass is 35.5. The molecule has 0 radical (unpaired) electrons. The first-order valence-electron chi connectivity index (χ1n) is 6.15. The second kappa shape index (κ2) is 7.01. The summed E-state index contributed by atoms with van der Waals surface area (Å²) in [6.45, 7) is 2.60. The normalized spacial score (nSPS) is 17.7. The Bertz CT molecular complexity index is 498. The highest BCUT2D eigenvalue weighted by Crippen LogP contribution is 2.25. The minimum Gasteiger partial charge on any atom is -0.377 e. The van der Waals surface area contributed by atoms with Crippen molar-refractivity contribution in [1.82, 2.24) is 10.0 Å². The molecule has 2 rings (SSSR count). The van der Waals surface area contributed by atoms with Crippen LogP contribution >= 0.6 is 22.9 Å². The summed E-state index contributed by atoms with van der Waals surface area (Å²) in [5.41, 5.74) is 0. The van der Waals surface area contributed by atoms with Crippen LogP contribution in [0.2, 0.25) is 4.34 Å². The second-order valence-corrected chi connectivity index (χ2v) is 7.99. The number of ether oxygens (including phenoxy) is 1. The lowest BCUT2D eigenvalue weighted by molar-refractivity contribution is 0.0367. The van der Waals surface area contributed by atoms with Crippen molar-refractivity contribution in [2.75, 3.05) is 26.2 Å². The zero-order valence-electron chi connectivity index (χ0n) is 10.4. The Kier molecular flexibility index (Phi) is 5.61. The van der Waals surface area contributed by atoms with Crippen LogP contribution in [0.25, 0.3) is 0 Å². The molecule has 0 atom stereocenters. The van der Waals surface area contributed by atoms with Crippen molar-refractivity contribution in [1.29, 1.82) is 0 Å². The van der Waals surface area contributed by atoms with Gasteiger partial charge >= 0.3 is 0 Å². The molecule has 1 fully saturated rings. The maximum absolute atomic E-state index is 11.9. The van der Waals surface area contributed by atoms with E-state index >= 15 is 0 Å². The summed E-state index contributed by atoms with van der Waals surface area (Å²) in [5, 5.41) is 3.25. The molecule has 0 aromatic carbocycles. The number of piperidine rings is 1. The first kappa shape index (κ1) is 15.2. The van der Waals surface area contributed by atoms with Gasteiger partial charge < -0.3 is 10.1 Å². The molecule has 19 heavy (non-hydrogen) atoms. The van der Waals surface area contributed by atoms with Crippen LogP contribution in [0.1, 0.15) is 12.8 Å². The molecule has 0 bridgehead atoms. The van der Waals surface area contributed by atoms with Crippen molar-refractivity contribution in [3.8, 4) is 0 Å². The van der Waals surface area contributed by atoms with Gasteiger partial charge in [-0.2, -0.15) is 0 Å². The summed E-state index contributed by atoms with van der Waals surface area (Å²) in [7, 11) is -3.45. The summed E-state index contributed by atoms with van der Waals surface area (Å²) < 4.78 is 32.6. The lowest BCUT2D eigenvalue weighted by Crippen LogP contribution is -2.34. The van der Waals surface area contributed by atoms with E-state index in [9.17, 15) is 8.42 Å². The Morgan fingerprint density at radius 1 is 1.42 bits per heavy atom. The van der Waals surface area contributed by atoms with Gasteiger partial charge in [0.25, 0.3) is 0 Å². The third kappa shape index (κ3) is 4.70. The quantitative estimate of drug-likeness (QED) is 0.777. The average molecular weight is 325 g/mol. The summed E-state index contributed by atoms with van der Waals surface area (Å²) in [6.07, 6.45) is 2.20. The van der Waals surface area contributed by atoms with Crippen LogP contribution in [0.4, 0.5) is 0 Å². The second-order valence-electron chi connectivity index (χ2n) is 4.28. The van der Waals surface area contributed by atoms with Gasteiger partial charge in [0.2, 0.25) is 10.0 Å².